The lowest BCUT2D eigenvalue weighted by Gasteiger charge is -2.32. The third kappa shape index (κ3) is 4.31. The van der Waals surface area contributed by atoms with Crippen LogP contribution in [0.4, 0.5) is 11.6 Å². The third-order valence-corrected chi connectivity index (χ3v) is 4.82. The van der Waals surface area contributed by atoms with E-state index in [1.807, 2.05) is 38.1 Å². The number of carbonyl (C=O) groups excluding carboxylic acids is 1. The van der Waals surface area contributed by atoms with Gasteiger partial charge in [-0.05, 0) is 44.7 Å². The highest BCUT2D eigenvalue weighted by atomic mass is 16.2. The number of hydrogen-bond acceptors (Lipinski definition) is 4. The largest absolute Gasteiger partial charge is 0.342 e. The maximum atomic E-state index is 12.5. The lowest BCUT2D eigenvalue weighted by molar-refractivity contribution is -0.116. The van der Waals surface area contributed by atoms with E-state index < -0.39 is 0 Å². The van der Waals surface area contributed by atoms with Gasteiger partial charge in [0.05, 0.1) is 0 Å². The SMILES string of the molecule is Cc1ccc(NC(=O)Cn2c(N3CCC(C)CC3)nc(C)cc2=O)cc1. The van der Waals surface area contributed by atoms with Crippen LogP contribution in [-0.4, -0.2) is 28.5 Å². The van der Waals surface area contributed by atoms with E-state index in [2.05, 4.69) is 22.1 Å². The summed E-state index contributed by atoms with van der Waals surface area (Å²) in [6.07, 6.45) is 2.14. The molecule has 6 nitrogen and oxygen atoms in total. The van der Waals surface area contributed by atoms with Gasteiger partial charge < -0.3 is 10.2 Å². The van der Waals surface area contributed by atoms with Crippen molar-refractivity contribution in [3.8, 4) is 0 Å². The molecule has 2 heterocycles. The lowest BCUT2D eigenvalue weighted by atomic mass is 10.00. The molecule has 0 atom stereocenters. The molecule has 0 unspecified atom stereocenters. The first-order valence-electron chi connectivity index (χ1n) is 9.12. The molecule has 0 spiro atoms. The molecule has 2 aromatic rings. The number of anilines is 2. The minimum absolute atomic E-state index is 0.0403. The van der Waals surface area contributed by atoms with Gasteiger partial charge in [0, 0.05) is 30.5 Å². The Morgan fingerprint density at radius 1 is 1.19 bits per heavy atom. The monoisotopic (exact) mass is 354 g/mol. The van der Waals surface area contributed by atoms with E-state index in [1.165, 1.54) is 10.6 Å². The van der Waals surface area contributed by atoms with Crippen molar-refractivity contribution < 1.29 is 4.79 Å². The maximum absolute atomic E-state index is 12.5. The van der Waals surface area contributed by atoms with E-state index in [9.17, 15) is 9.59 Å². The molecule has 6 heteroatoms. The number of hydrogen-bond donors (Lipinski definition) is 1. The van der Waals surface area contributed by atoms with Crippen LogP contribution in [0.1, 0.15) is 31.0 Å². The summed E-state index contributed by atoms with van der Waals surface area (Å²) in [5, 5.41) is 2.85. The van der Waals surface area contributed by atoms with Gasteiger partial charge in [0.2, 0.25) is 11.9 Å². The topological polar surface area (TPSA) is 67.2 Å². The van der Waals surface area contributed by atoms with Crippen LogP contribution in [0.5, 0.6) is 0 Å². The third-order valence-electron chi connectivity index (χ3n) is 4.82. The molecule has 1 aliphatic heterocycles. The molecule has 138 valence electrons. The molecule has 0 radical (unpaired) electrons. The van der Waals surface area contributed by atoms with Gasteiger partial charge in [0.1, 0.15) is 6.54 Å². The van der Waals surface area contributed by atoms with Gasteiger partial charge in [0.15, 0.2) is 0 Å². The van der Waals surface area contributed by atoms with Crippen LogP contribution >= 0.6 is 0 Å². The molecule has 1 N–H and O–H groups in total. The van der Waals surface area contributed by atoms with Crippen molar-refractivity contribution in [2.45, 2.75) is 40.2 Å². The van der Waals surface area contributed by atoms with Gasteiger partial charge in [-0.15, -0.1) is 0 Å². The van der Waals surface area contributed by atoms with E-state index >= 15 is 0 Å². The van der Waals surface area contributed by atoms with E-state index in [0.717, 1.165) is 37.2 Å². The Kier molecular flexibility index (Phi) is 5.40. The number of benzene rings is 1. The Labute approximate surface area is 153 Å². The number of piperidine rings is 1. The first-order valence-corrected chi connectivity index (χ1v) is 9.12. The van der Waals surface area contributed by atoms with Crippen LogP contribution in [-0.2, 0) is 11.3 Å². The summed E-state index contributed by atoms with van der Waals surface area (Å²) in [6, 6.07) is 9.08. The van der Waals surface area contributed by atoms with Crippen LogP contribution < -0.4 is 15.8 Å². The van der Waals surface area contributed by atoms with Crippen LogP contribution in [0.3, 0.4) is 0 Å². The highest BCUT2D eigenvalue weighted by Gasteiger charge is 2.21. The average molecular weight is 354 g/mol. The van der Waals surface area contributed by atoms with Crippen molar-refractivity contribution in [2.75, 3.05) is 23.3 Å². The van der Waals surface area contributed by atoms with Crippen molar-refractivity contribution in [1.29, 1.82) is 0 Å². The number of nitrogens with one attached hydrogen (secondary N) is 1. The molecule has 0 aliphatic carbocycles. The molecule has 26 heavy (non-hydrogen) atoms. The zero-order valence-electron chi connectivity index (χ0n) is 15.7. The first-order chi connectivity index (χ1) is 12.4. The first kappa shape index (κ1) is 18.2. The predicted molar refractivity (Wildman–Crippen MR) is 104 cm³/mol. The van der Waals surface area contributed by atoms with Crippen molar-refractivity contribution in [2.24, 2.45) is 5.92 Å². The van der Waals surface area contributed by atoms with Gasteiger partial charge in [-0.2, -0.15) is 0 Å². The molecule has 0 saturated carbocycles. The average Bonchev–Trinajstić information content (AvgIpc) is 2.60. The Bertz CT molecular complexity index is 834. The van der Waals surface area contributed by atoms with Crippen molar-refractivity contribution in [3.63, 3.8) is 0 Å². The second-order valence-electron chi connectivity index (χ2n) is 7.21. The van der Waals surface area contributed by atoms with E-state index in [0.29, 0.717) is 17.6 Å². The van der Waals surface area contributed by atoms with E-state index in [1.54, 1.807) is 0 Å². The summed E-state index contributed by atoms with van der Waals surface area (Å²) >= 11 is 0. The second kappa shape index (κ2) is 7.72. The highest BCUT2D eigenvalue weighted by molar-refractivity contribution is 5.90. The highest BCUT2D eigenvalue weighted by Crippen LogP contribution is 2.21. The molecule has 1 fully saturated rings. The van der Waals surface area contributed by atoms with Crippen LogP contribution in [0.25, 0.3) is 0 Å². The Hall–Kier alpha value is -2.63. The predicted octanol–water partition coefficient (Wildman–Crippen LogP) is 2.74. The number of carbonyl (C=O) groups is 1. The maximum Gasteiger partial charge on any atom is 0.255 e. The summed E-state index contributed by atoms with van der Waals surface area (Å²) in [4.78, 5) is 31.7. The summed E-state index contributed by atoms with van der Waals surface area (Å²) in [5.41, 5.74) is 2.34. The molecular weight excluding hydrogens is 328 g/mol. The van der Waals surface area contributed by atoms with Gasteiger partial charge in [-0.25, -0.2) is 4.98 Å². The zero-order valence-corrected chi connectivity index (χ0v) is 15.7. The van der Waals surface area contributed by atoms with Gasteiger partial charge in [-0.1, -0.05) is 24.6 Å². The Balaban J connectivity index is 1.81. The normalized spacial score (nSPS) is 15.1. The molecule has 3 rings (SSSR count). The molecule has 1 saturated heterocycles. The van der Waals surface area contributed by atoms with Crippen LogP contribution in [0.15, 0.2) is 35.1 Å². The van der Waals surface area contributed by atoms with Gasteiger partial charge >= 0.3 is 0 Å². The summed E-state index contributed by atoms with van der Waals surface area (Å²) in [6.45, 7) is 7.72. The molecular formula is C20H26N4O2. The molecule has 1 aromatic heterocycles. The number of aromatic nitrogens is 2. The summed E-state index contributed by atoms with van der Waals surface area (Å²) in [7, 11) is 0. The smallest absolute Gasteiger partial charge is 0.255 e. The fourth-order valence-corrected chi connectivity index (χ4v) is 3.19. The van der Waals surface area contributed by atoms with Crippen LogP contribution in [0, 0.1) is 19.8 Å². The molecule has 1 aliphatic rings. The van der Waals surface area contributed by atoms with E-state index in [-0.39, 0.29) is 18.0 Å². The quantitative estimate of drug-likeness (QED) is 0.917. The Morgan fingerprint density at radius 2 is 1.85 bits per heavy atom. The minimum atomic E-state index is -0.228. The summed E-state index contributed by atoms with van der Waals surface area (Å²) in [5.74, 6) is 1.05. The summed E-state index contributed by atoms with van der Waals surface area (Å²) < 4.78 is 1.48. The minimum Gasteiger partial charge on any atom is -0.342 e. The van der Waals surface area contributed by atoms with Crippen molar-refractivity contribution in [1.82, 2.24) is 9.55 Å². The number of aryl methyl sites for hydroxylation is 2. The lowest BCUT2D eigenvalue weighted by Crippen LogP contribution is -2.39. The standard InChI is InChI=1S/C20H26N4O2/c1-14-4-6-17(7-5-14)22-18(25)13-24-19(26)12-16(3)21-20(24)23-10-8-15(2)9-11-23/h4-7,12,15H,8-11,13H2,1-3H3,(H,22,25). The van der Waals surface area contributed by atoms with Crippen molar-refractivity contribution >= 4 is 17.5 Å². The van der Waals surface area contributed by atoms with Gasteiger partial charge in [-0.3, -0.25) is 14.2 Å². The molecule has 1 amide bonds. The fourth-order valence-electron chi connectivity index (χ4n) is 3.19. The zero-order chi connectivity index (χ0) is 18.7. The number of nitrogens with zero attached hydrogens (tertiary/aromatic N) is 3. The molecule has 0 bridgehead atoms. The number of rotatable bonds is 4. The second-order valence-corrected chi connectivity index (χ2v) is 7.21. The Morgan fingerprint density at radius 3 is 2.50 bits per heavy atom. The van der Waals surface area contributed by atoms with Gasteiger partial charge in [0.25, 0.3) is 5.56 Å². The molecule has 1 aromatic carbocycles. The number of amides is 1. The van der Waals surface area contributed by atoms with E-state index in [4.69, 9.17) is 0 Å². The van der Waals surface area contributed by atoms with Crippen molar-refractivity contribution in [3.05, 3.63) is 51.9 Å². The van der Waals surface area contributed by atoms with Crippen LogP contribution in [0.2, 0.25) is 0 Å². The fraction of sp³-hybridized carbons (Fsp3) is 0.450.